The molecule has 7 nitrogen and oxygen atoms in total. The highest BCUT2D eigenvalue weighted by Gasteiger charge is 2.19. The number of hydrogen-bond acceptors (Lipinski definition) is 7. The van der Waals surface area contributed by atoms with Gasteiger partial charge in [-0.2, -0.15) is 0 Å². The molecule has 0 unspecified atom stereocenters. The molecule has 10 heteroatoms. The van der Waals surface area contributed by atoms with Crippen molar-refractivity contribution < 1.29 is 9.59 Å². The first-order valence-electron chi connectivity index (χ1n) is 11.6. The second-order valence-electron chi connectivity index (χ2n) is 8.21. The van der Waals surface area contributed by atoms with E-state index in [1.165, 1.54) is 27.2 Å². The Morgan fingerprint density at radius 1 is 1.00 bits per heavy atom. The normalized spacial score (nSPS) is 10.9. The summed E-state index contributed by atoms with van der Waals surface area (Å²) in [4.78, 5) is 45.3. The number of aromatic nitrogens is 2. The molecule has 0 bridgehead atoms. The minimum absolute atomic E-state index is 0.0111. The number of fused-ring (bicyclic) bond motifs is 1. The first-order valence-corrected chi connectivity index (χ1v) is 14.2. The van der Waals surface area contributed by atoms with E-state index >= 15 is 0 Å². The van der Waals surface area contributed by atoms with Crippen LogP contribution in [0.2, 0.25) is 0 Å². The third kappa shape index (κ3) is 5.33. The summed E-state index contributed by atoms with van der Waals surface area (Å²) in [6.45, 7) is 4.02. The van der Waals surface area contributed by atoms with Crippen LogP contribution >= 0.6 is 34.4 Å². The standard InChI is InChI=1S/C28H22N4O3S3/c1-2-13-32-27(35)20-15-22(18-11-7-4-8-12-18)38-26(20)31-28(32)36-16-23(33)30-25-19(24(29)34)14-21(37-25)17-9-5-3-6-10-17/h2-12,14-15H,1,13,16H2,(H2,29,34)(H,30,33). The average Bonchev–Trinajstić information content (AvgIpc) is 3.55. The number of amides is 2. The molecule has 0 saturated heterocycles. The van der Waals surface area contributed by atoms with Crippen LogP contribution in [-0.2, 0) is 11.3 Å². The fourth-order valence-corrected chi connectivity index (χ4v) is 6.82. The number of nitrogens with zero attached hydrogens (tertiary/aromatic N) is 2. The Bertz CT molecular complexity index is 1710. The van der Waals surface area contributed by atoms with Crippen molar-refractivity contribution in [3.05, 3.63) is 101 Å². The summed E-state index contributed by atoms with van der Waals surface area (Å²) in [5, 5.41) is 4.15. The summed E-state index contributed by atoms with van der Waals surface area (Å²) >= 11 is 3.87. The molecule has 3 heterocycles. The zero-order chi connectivity index (χ0) is 26.6. The van der Waals surface area contributed by atoms with E-state index in [0.717, 1.165) is 32.6 Å². The van der Waals surface area contributed by atoms with Crippen molar-refractivity contribution in [1.82, 2.24) is 9.55 Å². The molecule has 0 atom stereocenters. The Hall–Kier alpha value is -3.99. The lowest BCUT2D eigenvalue weighted by Crippen LogP contribution is -2.23. The maximum absolute atomic E-state index is 13.3. The van der Waals surface area contributed by atoms with E-state index in [2.05, 4.69) is 11.9 Å². The number of hydrogen-bond donors (Lipinski definition) is 2. The Balaban J connectivity index is 1.39. The van der Waals surface area contributed by atoms with Crippen molar-refractivity contribution in [3.8, 4) is 20.9 Å². The minimum Gasteiger partial charge on any atom is -0.366 e. The zero-order valence-electron chi connectivity index (χ0n) is 20.0. The maximum Gasteiger partial charge on any atom is 0.263 e. The highest BCUT2D eigenvalue weighted by molar-refractivity contribution is 7.99. The van der Waals surface area contributed by atoms with Crippen LogP contribution in [0.4, 0.5) is 5.00 Å². The van der Waals surface area contributed by atoms with Gasteiger partial charge in [0.1, 0.15) is 9.83 Å². The fourth-order valence-electron chi connectivity index (χ4n) is 3.85. The van der Waals surface area contributed by atoms with Gasteiger partial charge in [-0.25, -0.2) is 4.98 Å². The van der Waals surface area contributed by atoms with Gasteiger partial charge in [0.2, 0.25) is 5.91 Å². The number of allylic oxidation sites excluding steroid dienone is 1. The number of rotatable bonds is 9. The first kappa shape index (κ1) is 25.7. The fraction of sp³-hybridized carbons (Fsp3) is 0.0714. The number of anilines is 1. The number of carbonyl (C=O) groups is 2. The second kappa shape index (κ2) is 11.2. The zero-order valence-corrected chi connectivity index (χ0v) is 22.5. The second-order valence-corrected chi connectivity index (χ2v) is 11.2. The van der Waals surface area contributed by atoms with E-state index < -0.39 is 5.91 Å². The average molecular weight is 559 g/mol. The minimum atomic E-state index is -0.620. The van der Waals surface area contributed by atoms with Crippen molar-refractivity contribution in [2.45, 2.75) is 11.7 Å². The lowest BCUT2D eigenvalue weighted by Gasteiger charge is -2.10. The van der Waals surface area contributed by atoms with Crippen LogP contribution in [0, 0.1) is 0 Å². The SMILES string of the molecule is C=CCn1c(SCC(=O)Nc2sc(-c3ccccc3)cc2C(N)=O)nc2sc(-c3ccccc3)cc2c1=O. The predicted octanol–water partition coefficient (Wildman–Crippen LogP) is 5.87. The topological polar surface area (TPSA) is 107 Å². The number of thiophene rings is 2. The molecule has 5 rings (SSSR count). The largest absolute Gasteiger partial charge is 0.366 e. The molecule has 190 valence electrons. The summed E-state index contributed by atoms with van der Waals surface area (Å²) in [6, 6.07) is 22.9. The van der Waals surface area contributed by atoms with E-state index in [1.807, 2.05) is 66.7 Å². The van der Waals surface area contributed by atoms with Crippen molar-refractivity contribution in [1.29, 1.82) is 0 Å². The number of primary amides is 1. The van der Waals surface area contributed by atoms with Crippen LogP contribution in [0.3, 0.4) is 0 Å². The van der Waals surface area contributed by atoms with Gasteiger partial charge >= 0.3 is 0 Å². The number of nitrogens with two attached hydrogens (primary N) is 1. The number of benzene rings is 2. The summed E-state index contributed by atoms with van der Waals surface area (Å²) in [6.07, 6.45) is 1.62. The quantitative estimate of drug-likeness (QED) is 0.134. The van der Waals surface area contributed by atoms with Gasteiger partial charge in [-0.3, -0.25) is 19.0 Å². The molecule has 0 aliphatic heterocycles. The molecular formula is C28H22N4O3S3. The smallest absolute Gasteiger partial charge is 0.263 e. The molecule has 0 aliphatic carbocycles. The Morgan fingerprint density at radius 2 is 1.63 bits per heavy atom. The Morgan fingerprint density at radius 3 is 2.24 bits per heavy atom. The maximum atomic E-state index is 13.3. The van der Waals surface area contributed by atoms with Crippen LogP contribution in [0.1, 0.15) is 10.4 Å². The van der Waals surface area contributed by atoms with Crippen LogP contribution in [-0.4, -0.2) is 27.1 Å². The van der Waals surface area contributed by atoms with Crippen molar-refractivity contribution >= 4 is 61.5 Å². The molecule has 0 spiro atoms. The van der Waals surface area contributed by atoms with Gasteiger partial charge in [0, 0.05) is 16.3 Å². The third-order valence-electron chi connectivity index (χ3n) is 5.63. The van der Waals surface area contributed by atoms with Crippen molar-refractivity contribution in [2.24, 2.45) is 5.73 Å². The van der Waals surface area contributed by atoms with Gasteiger partial charge in [0.15, 0.2) is 5.16 Å². The highest BCUT2D eigenvalue weighted by Crippen LogP contribution is 2.36. The number of thioether (sulfide) groups is 1. The van der Waals surface area contributed by atoms with Crippen molar-refractivity contribution in [2.75, 3.05) is 11.1 Å². The molecule has 38 heavy (non-hydrogen) atoms. The lowest BCUT2D eigenvalue weighted by molar-refractivity contribution is -0.113. The van der Waals surface area contributed by atoms with Crippen molar-refractivity contribution in [3.63, 3.8) is 0 Å². The molecule has 0 radical (unpaired) electrons. The van der Waals surface area contributed by atoms with Gasteiger partial charge in [0.05, 0.1) is 16.7 Å². The Kier molecular flexibility index (Phi) is 7.54. The third-order valence-corrected chi connectivity index (χ3v) is 8.78. The van der Waals surface area contributed by atoms with E-state index in [9.17, 15) is 14.4 Å². The lowest BCUT2D eigenvalue weighted by atomic mass is 10.1. The summed E-state index contributed by atoms with van der Waals surface area (Å²) in [7, 11) is 0. The summed E-state index contributed by atoms with van der Waals surface area (Å²) < 4.78 is 1.52. The van der Waals surface area contributed by atoms with Crippen LogP contribution in [0.25, 0.3) is 31.1 Å². The molecule has 5 aromatic rings. The van der Waals surface area contributed by atoms with E-state index in [-0.39, 0.29) is 29.3 Å². The summed E-state index contributed by atoms with van der Waals surface area (Å²) in [5.41, 5.74) is 7.57. The Labute approximate surface area is 230 Å². The first-order chi connectivity index (χ1) is 18.4. The monoisotopic (exact) mass is 558 g/mol. The van der Waals surface area contributed by atoms with Gasteiger partial charge in [0.25, 0.3) is 11.5 Å². The molecule has 3 aromatic heterocycles. The molecule has 0 aliphatic rings. The highest BCUT2D eigenvalue weighted by atomic mass is 32.2. The number of nitrogens with one attached hydrogen (secondary N) is 1. The summed E-state index contributed by atoms with van der Waals surface area (Å²) in [5.74, 6) is -0.970. The molecule has 2 amide bonds. The molecular weight excluding hydrogens is 537 g/mol. The van der Waals surface area contributed by atoms with Crippen LogP contribution < -0.4 is 16.6 Å². The number of carbonyl (C=O) groups excluding carboxylic acids is 2. The molecule has 2 aromatic carbocycles. The predicted molar refractivity (Wildman–Crippen MR) is 157 cm³/mol. The van der Waals surface area contributed by atoms with E-state index in [0.29, 0.717) is 20.4 Å². The van der Waals surface area contributed by atoms with Gasteiger partial charge in [-0.05, 0) is 23.3 Å². The van der Waals surface area contributed by atoms with Crippen LogP contribution in [0.15, 0.2) is 95.4 Å². The van der Waals surface area contributed by atoms with Gasteiger partial charge in [-0.1, -0.05) is 78.5 Å². The van der Waals surface area contributed by atoms with E-state index in [4.69, 9.17) is 10.7 Å². The van der Waals surface area contributed by atoms with Gasteiger partial charge in [-0.15, -0.1) is 29.3 Å². The molecule has 3 N–H and O–H groups in total. The molecule has 0 saturated carbocycles. The van der Waals surface area contributed by atoms with Gasteiger partial charge < -0.3 is 11.1 Å². The van der Waals surface area contributed by atoms with E-state index in [1.54, 1.807) is 12.1 Å². The molecule has 0 fully saturated rings. The van der Waals surface area contributed by atoms with Crippen LogP contribution in [0.5, 0.6) is 0 Å².